The summed E-state index contributed by atoms with van der Waals surface area (Å²) in [4.78, 5) is 13.2. The van der Waals surface area contributed by atoms with Crippen molar-refractivity contribution in [3.63, 3.8) is 0 Å². The van der Waals surface area contributed by atoms with Crippen LogP contribution in [-0.2, 0) is 4.79 Å². The zero-order valence-electron chi connectivity index (χ0n) is 12.4. The van der Waals surface area contributed by atoms with Gasteiger partial charge in [-0.05, 0) is 38.3 Å². The number of hydrogen-bond acceptors (Lipinski definition) is 4. The molecule has 0 aromatic heterocycles. The Morgan fingerprint density at radius 2 is 2.10 bits per heavy atom. The minimum Gasteiger partial charge on any atom is -0.508 e. The molecule has 1 amide bonds. The topological polar surface area (TPSA) is 78.6 Å². The number of hydrogen-bond donors (Lipinski definition) is 3. The van der Waals surface area contributed by atoms with Gasteiger partial charge in [-0.1, -0.05) is 12.5 Å². The number of nitrogens with two attached hydrogens (primary N) is 1. The van der Waals surface area contributed by atoms with Crippen molar-refractivity contribution < 1.29 is 9.90 Å². The number of carbonyl (C=O) groups excluding carboxylic acids is 1. The van der Waals surface area contributed by atoms with E-state index in [0.717, 1.165) is 43.6 Å². The highest BCUT2D eigenvalue weighted by Crippen LogP contribution is 2.25. The number of aromatic hydroxyl groups is 1. The van der Waals surface area contributed by atoms with E-state index in [4.69, 9.17) is 5.84 Å². The van der Waals surface area contributed by atoms with Crippen molar-refractivity contribution in [1.82, 2.24) is 5.43 Å². The van der Waals surface area contributed by atoms with Crippen LogP contribution in [0.15, 0.2) is 18.2 Å². The number of hydrazine groups is 1. The zero-order valence-corrected chi connectivity index (χ0v) is 12.4. The fourth-order valence-electron chi connectivity index (χ4n) is 2.22. The molecule has 5 nitrogen and oxygen atoms in total. The van der Waals surface area contributed by atoms with Crippen LogP contribution in [0, 0.1) is 6.92 Å². The Balaban J connectivity index is 2.43. The van der Waals surface area contributed by atoms with Gasteiger partial charge in [0.15, 0.2) is 0 Å². The molecule has 1 aromatic rings. The van der Waals surface area contributed by atoms with Gasteiger partial charge in [-0.25, -0.2) is 5.84 Å². The van der Waals surface area contributed by atoms with Gasteiger partial charge in [-0.15, -0.1) is 0 Å². The quantitative estimate of drug-likeness (QED) is 0.295. The van der Waals surface area contributed by atoms with E-state index in [1.54, 1.807) is 12.1 Å². The predicted molar refractivity (Wildman–Crippen MR) is 81.5 cm³/mol. The largest absolute Gasteiger partial charge is 0.508 e. The molecule has 0 fully saturated rings. The Bertz CT molecular complexity index is 435. The van der Waals surface area contributed by atoms with Gasteiger partial charge in [-0.2, -0.15) is 0 Å². The molecule has 1 aromatic carbocycles. The summed E-state index contributed by atoms with van der Waals surface area (Å²) in [6, 6.07) is 5.44. The molecule has 0 radical (unpaired) electrons. The zero-order chi connectivity index (χ0) is 15.0. The van der Waals surface area contributed by atoms with Gasteiger partial charge >= 0.3 is 0 Å². The van der Waals surface area contributed by atoms with Crippen LogP contribution in [0.2, 0.25) is 0 Å². The Morgan fingerprint density at radius 3 is 2.75 bits per heavy atom. The van der Waals surface area contributed by atoms with Gasteiger partial charge in [0, 0.05) is 31.3 Å². The minimum atomic E-state index is -0.110. The number of unbranched alkanes of at least 4 members (excludes halogenated alkanes) is 2. The second-order valence-corrected chi connectivity index (χ2v) is 4.93. The van der Waals surface area contributed by atoms with Crippen molar-refractivity contribution in [1.29, 1.82) is 0 Å². The molecule has 0 saturated heterocycles. The lowest BCUT2D eigenvalue weighted by molar-refractivity contribution is -0.121. The Labute approximate surface area is 120 Å². The third-order valence-electron chi connectivity index (χ3n) is 3.41. The number of amides is 1. The first-order chi connectivity index (χ1) is 9.58. The van der Waals surface area contributed by atoms with Crippen molar-refractivity contribution in [3.8, 4) is 5.75 Å². The molecule has 0 aliphatic rings. The van der Waals surface area contributed by atoms with Crippen LogP contribution in [0.1, 0.15) is 38.2 Å². The van der Waals surface area contributed by atoms with Crippen LogP contribution < -0.4 is 16.2 Å². The number of nitrogens with one attached hydrogen (secondary N) is 1. The Hall–Kier alpha value is -1.75. The van der Waals surface area contributed by atoms with Crippen LogP contribution in [0.3, 0.4) is 0 Å². The lowest BCUT2D eigenvalue weighted by Crippen LogP contribution is -2.29. The van der Waals surface area contributed by atoms with Crippen molar-refractivity contribution in [2.45, 2.75) is 39.5 Å². The molecule has 112 valence electrons. The Kier molecular flexibility index (Phi) is 6.87. The number of rotatable bonds is 8. The van der Waals surface area contributed by atoms with E-state index in [2.05, 4.69) is 17.2 Å². The number of aryl methyl sites for hydroxylation is 1. The van der Waals surface area contributed by atoms with E-state index in [1.165, 1.54) is 0 Å². The highest BCUT2D eigenvalue weighted by molar-refractivity contribution is 5.75. The fraction of sp³-hybridized carbons (Fsp3) is 0.533. The van der Waals surface area contributed by atoms with E-state index in [0.29, 0.717) is 12.2 Å². The Morgan fingerprint density at radius 1 is 1.35 bits per heavy atom. The standard InChI is InChI=1S/C15H25N3O2/c1-3-18(10-6-4-5-7-15(20)17-16)14-11-13(19)9-8-12(14)2/h8-9,11,19H,3-7,10,16H2,1-2H3,(H,17,20). The van der Waals surface area contributed by atoms with E-state index in [-0.39, 0.29) is 5.91 Å². The third-order valence-corrected chi connectivity index (χ3v) is 3.41. The summed E-state index contributed by atoms with van der Waals surface area (Å²) in [5.41, 5.74) is 4.37. The van der Waals surface area contributed by atoms with Crippen LogP contribution in [0.5, 0.6) is 5.75 Å². The first kappa shape index (κ1) is 16.3. The molecule has 0 aliphatic heterocycles. The molecule has 0 spiro atoms. The summed E-state index contributed by atoms with van der Waals surface area (Å²) in [5, 5.41) is 9.60. The summed E-state index contributed by atoms with van der Waals surface area (Å²) in [6.07, 6.45) is 3.33. The molecule has 0 bridgehead atoms. The average Bonchev–Trinajstić information content (AvgIpc) is 2.45. The number of nitrogens with zero attached hydrogens (tertiary/aromatic N) is 1. The van der Waals surface area contributed by atoms with Crippen molar-refractivity contribution >= 4 is 11.6 Å². The second kappa shape index (κ2) is 8.43. The van der Waals surface area contributed by atoms with E-state index in [1.807, 2.05) is 13.0 Å². The molecule has 0 atom stereocenters. The number of carbonyl (C=O) groups is 1. The van der Waals surface area contributed by atoms with Gasteiger partial charge in [0.2, 0.25) is 5.91 Å². The molecule has 0 unspecified atom stereocenters. The number of phenols is 1. The summed E-state index contributed by atoms with van der Waals surface area (Å²) in [5.74, 6) is 5.22. The van der Waals surface area contributed by atoms with Crippen LogP contribution in [0.4, 0.5) is 5.69 Å². The molecule has 5 heteroatoms. The van der Waals surface area contributed by atoms with Crippen molar-refractivity contribution in [3.05, 3.63) is 23.8 Å². The average molecular weight is 279 g/mol. The van der Waals surface area contributed by atoms with E-state index < -0.39 is 0 Å². The van der Waals surface area contributed by atoms with Gasteiger partial charge < -0.3 is 10.0 Å². The van der Waals surface area contributed by atoms with Gasteiger partial charge in [-0.3, -0.25) is 10.2 Å². The molecule has 1 rings (SSSR count). The first-order valence-electron chi connectivity index (χ1n) is 7.12. The lowest BCUT2D eigenvalue weighted by atomic mass is 10.1. The maximum Gasteiger partial charge on any atom is 0.233 e. The molecule has 0 heterocycles. The van der Waals surface area contributed by atoms with Crippen molar-refractivity contribution in [2.24, 2.45) is 5.84 Å². The number of anilines is 1. The highest BCUT2D eigenvalue weighted by Gasteiger charge is 2.08. The summed E-state index contributed by atoms with van der Waals surface area (Å²) in [6.45, 7) is 5.97. The van der Waals surface area contributed by atoms with Gasteiger partial charge in [0.1, 0.15) is 5.75 Å². The van der Waals surface area contributed by atoms with Crippen LogP contribution >= 0.6 is 0 Å². The summed E-state index contributed by atoms with van der Waals surface area (Å²) < 4.78 is 0. The lowest BCUT2D eigenvalue weighted by Gasteiger charge is -2.25. The summed E-state index contributed by atoms with van der Waals surface area (Å²) in [7, 11) is 0. The SMILES string of the molecule is CCN(CCCCCC(=O)NN)c1cc(O)ccc1C. The predicted octanol–water partition coefficient (Wildman–Crippen LogP) is 2.08. The maximum atomic E-state index is 11.0. The highest BCUT2D eigenvalue weighted by atomic mass is 16.3. The molecule has 4 N–H and O–H groups in total. The monoisotopic (exact) mass is 279 g/mol. The molecular formula is C15H25N3O2. The second-order valence-electron chi connectivity index (χ2n) is 4.93. The summed E-state index contributed by atoms with van der Waals surface area (Å²) >= 11 is 0. The third kappa shape index (κ3) is 5.09. The molecule has 0 saturated carbocycles. The van der Waals surface area contributed by atoms with E-state index in [9.17, 15) is 9.90 Å². The van der Waals surface area contributed by atoms with Crippen molar-refractivity contribution in [2.75, 3.05) is 18.0 Å². The van der Waals surface area contributed by atoms with Crippen LogP contribution in [0.25, 0.3) is 0 Å². The minimum absolute atomic E-state index is 0.110. The normalized spacial score (nSPS) is 10.3. The molecular weight excluding hydrogens is 254 g/mol. The van der Waals surface area contributed by atoms with Gasteiger partial charge in [0.25, 0.3) is 0 Å². The van der Waals surface area contributed by atoms with Gasteiger partial charge in [0.05, 0.1) is 0 Å². The molecule has 20 heavy (non-hydrogen) atoms. The van der Waals surface area contributed by atoms with Crippen LogP contribution in [-0.4, -0.2) is 24.1 Å². The number of phenolic OH excluding ortho intramolecular Hbond substituents is 1. The fourth-order valence-corrected chi connectivity index (χ4v) is 2.22. The number of benzene rings is 1. The molecule has 0 aliphatic carbocycles. The maximum absolute atomic E-state index is 11.0. The van der Waals surface area contributed by atoms with E-state index >= 15 is 0 Å². The first-order valence-corrected chi connectivity index (χ1v) is 7.12. The smallest absolute Gasteiger partial charge is 0.233 e.